The Balaban J connectivity index is 2.08. The number of rotatable bonds is 2. The predicted molar refractivity (Wildman–Crippen MR) is 85.4 cm³/mol. The van der Waals surface area contributed by atoms with Gasteiger partial charge in [-0.1, -0.05) is 42.0 Å². The summed E-state index contributed by atoms with van der Waals surface area (Å²) < 4.78 is 14.0. The van der Waals surface area contributed by atoms with E-state index in [0.29, 0.717) is 23.4 Å². The SMILES string of the molecule is Oc1ccc2cc(Cl)ccc2c1CC1=CCC=CC=C1F. The first-order chi connectivity index (χ1) is 10.1. The lowest BCUT2D eigenvalue weighted by Crippen LogP contribution is -1.94. The molecule has 0 fully saturated rings. The molecule has 0 aromatic heterocycles. The molecule has 3 rings (SSSR count). The molecule has 106 valence electrons. The highest BCUT2D eigenvalue weighted by molar-refractivity contribution is 6.31. The molecule has 1 aliphatic rings. The predicted octanol–water partition coefficient (Wildman–Crippen LogP) is 5.48. The van der Waals surface area contributed by atoms with E-state index >= 15 is 0 Å². The molecular weight excluding hydrogens is 287 g/mol. The molecule has 0 atom stereocenters. The molecule has 21 heavy (non-hydrogen) atoms. The molecule has 1 aliphatic carbocycles. The van der Waals surface area contributed by atoms with Gasteiger partial charge in [-0.15, -0.1) is 0 Å². The van der Waals surface area contributed by atoms with Gasteiger partial charge in [0.05, 0.1) is 0 Å². The second-order valence-electron chi connectivity index (χ2n) is 5.01. The van der Waals surface area contributed by atoms with E-state index in [-0.39, 0.29) is 11.6 Å². The van der Waals surface area contributed by atoms with E-state index in [4.69, 9.17) is 11.6 Å². The zero-order valence-corrected chi connectivity index (χ0v) is 12.1. The number of hydrogen-bond donors (Lipinski definition) is 1. The van der Waals surface area contributed by atoms with Crippen LogP contribution in [0.3, 0.4) is 0 Å². The van der Waals surface area contributed by atoms with Crippen molar-refractivity contribution in [1.29, 1.82) is 0 Å². The lowest BCUT2D eigenvalue weighted by Gasteiger charge is -2.11. The zero-order valence-electron chi connectivity index (χ0n) is 11.3. The van der Waals surface area contributed by atoms with Gasteiger partial charge in [0.1, 0.15) is 11.6 Å². The number of hydrogen-bond acceptors (Lipinski definition) is 1. The molecule has 1 nitrogen and oxygen atoms in total. The van der Waals surface area contributed by atoms with E-state index < -0.39 is 0 Å². The molecule has 2 aromatic carbocycles. The third kappa shape index (κ3) is 2.86. The molecule has 0 saturated carbocycles. The van der Waals surface area contributed by atoms with E-state index in [1.54, 1.807) is 18.2 Å². The monoisotopic (exact) mass is 300 g/mol. The highest BCUT2D eigenvalue weighted by Gasteiger charge is 2.13. The summed E-state index contributed by atoms with van der Waals surface area (Å²) in [6.07, 6.45) is 7.96. The van der Waals surface area contributed by atoms with Crippen LogP contribution in [0, 0.1) is 0 Å². The number of benzene rings is 2. The van der Waals surface area contributed by atoms with Crippen molar-refractivity contribution in [3.63, 3.8) is 0 Å². The van der Waals surface area contributed by atoms with Crippen LogP contribution >= 0.6 is 11.6 Å². The summed E-state index contributed by atoms with van der Waals surface area (Å²) in [5.41, 5.74) is 1.32. The van der Waals surface area contributed by atoms with Crippen LogP contribution in [0.4, 0.5) is 4.39 Å². The fourth-order valence-corrected chi connectivity index (χ4v) is 2.71. The molecule has 3 heteroatoms. The summed E-state index contributed by atoms with van der Waals surface area (Å²) >= 11 is 6.00. The molecule has 0 spiro atoms. The number of fused-ring (bicyclic) bond motifs is 1. The van der Waals surface area contributed by atoms with Crippen molar-refractivity contribution in [2.24, 2.45) is 0 Å². The van der Waals surface area contributed by atoms with Gasteiger partial charge in [-0.25, -0.2) is 4.39 Å². The fraction of sp³-hybridized carbons (Fsp3) is 0.111. The smallest absolute Gasteiger partial charge is 0.126 e. The summed E-state index contributed by atoms with van der Waals surface area (Å²) in [5.74, 6) is -0.0788. The molecular formula is C18H14ClFO. The van der Waals surface area contributed by atoms with Crippen LogP contribution < -0.4 is 0 Å². The molecule has 0 heterocycles. The maximum atomic E-state index is 14.0. The third-order valence-electron chi connectivity index (χ3n) is 3.62. The standard InChI is InChI=1S/C18H14ClFO/c19-14-7-8-15-12(10-14)6-9-18(21)16(15)11-13-4-2-1-3-5-17(13)20/h1,3-10,21H,2,11H2. The van der Waals surface area contributed by atoms with Crippen molar-refractivity contribution in [3.05, 3.63) is 76.6 Å². The van der Waals surface area contributed by atoms with Gasteiger partial charge in [-0.3, -0.25) is 0 Å². The molecule has 0 amide bonds. The maximum absolute atomic E-state index is 14.0. The van der Waals surface area contributed by atoms with E-state index in [0.717, 1.165) is 16.3 Å². The fourth-order valence-electron chi connectivity index (χ4n) is 2.53. The second kappa shape index (κ2) is 5.74. The van der Waals surface area contributed by atoms with Crippen LogP contribution in [0.2, 0.25) is 5.02 Å². The van der Waals surface area contributed by atoms with Crippen LogP contribution in [-0.2, 0) is 6.42 Å². The van der Waals surface area contributed by atoms with Crippen LogP contribution in [0.25, 0.3) is 10.8 Å². The van der Waals surface area contributed by atoms with Crippen molar-refractivity contribution >= 4 is 22.4 Å². The Morgan fingerprint density at radius 1 is 1.19 bits per heavy atom. The molecule has 2 aromatic rings. The molecule has 0 radical (unpaired) electrons. The molecule has 0 aliphatic heterocycles. The quantitative estimate of drug-likeness (QED) is 0.778. The third-order valence-corrected chi connectivity index (χ3v) is 3.86. The Labute approximate surface area is 127 Å². The topological polar surface area (TPSA) is 20.2 Å². The Morgan fingerprint density at radius 3 is 2.90 bits per heavy atom. The Bertz CT molecular complexity index is 787. The highest BCUT2D eigenvalue weighted by Crippen LogP contribution is 2.33. The minimum absolute atomic E-state index is 0.177. The number of allylic oxidation sites excluding steroid dienone is 6. The van der Waals surface area contributed by atoms with Crippen LogP contribution in [-0.4, -0.2) is 5.11 Å². The largest absolute Gasteiger partial charge is 0.508 e. The van der Waals surface area contributed by atoms with Gasteiger partial charge in [0.2, 0.25) is 0 Å². The summed E-state index contributed by atoms with van der Waals surface area (Å²) in [7, 11) is 0. The first-order valence-electron chi connectivity index (χ1n) is 6.77. The maximum Gasteiger partial charge on any atom is 0.126 e. The molecule has 0 saturated heterocycles. The first kappa shape index (κ1) is 13.9. The zero-order chi connectivity index (χ0) is 14.8. The van der Waals surface area contributed by atoms with Crippen molar-refractivity contribution in [1.82, 2.24) is 0 Å². The van der Waals surface area contributed by atoms with Crippen LogP contribution in [0.1, 0.15) is 12.0 Å². The normalized spacial score (nSPS) is 14.8. The second-order valence-corrected chi connectivity index (χ2v) is 5.45. The number of phenols is 1. The summed E-state index contributed by atoms with van der Waals surface area (Å²) in [4.78, 5) is 0. The average molecular weight is 301 g/mol. The summed E-state index contributed by atoms with van der Waals surface area (Å²) in [6, 6.07) is 8.93. The van der Waals surface area contributed by atoms with Gasteiger partial charge in [-0.05, 0) is 47.0 Å². The van der Waals surface area contributed by atoms with Crippen LogP contribution in [0.5, 0.6) is 5.75 Å². The van der Waals surface area contributed by atoms with E-state index in [1.165, 1.54) is 6.08 Å². The lowest BCUT2D eigenvalue weighted by molar-refractivity contribution is 0.470. The number of aromatic hydroxyl groups is 1. The molecule has 0 bridgehead atoms. The van der Waals surface area contributed by atoms with Crippen LogP contribution in [0.15, 0.2) is 66.0 Å². The van der Waals surface area contributed by atoms with Gasteiger partial charge in [0, 0.05) is 17.0 Å². The van der Waals surface area contributed by atoms with Crippen molar-refractivity contribution in [2.45, 2.75) is 12.8 Å². The molecule has 1 N–H and O–H groups in total. The van der Waals surface area contributed by atoms with Gasteiger partial charge < -0.3 is 5.11 Å². The van der Waals surface area contributed by atoms with E-state index in [9.17, 15) is 9.50 Å². The van der Waals surface area contributed by atoms with Gasteiger partial charge in [-0.2, -0.15) is 0 Å². The van der Waals surface area contributed by atoms with Crippen molar-refractivity contribution in [3.8, 4) is 5.75 Å². The Hall–Kier alpha value is -2.06. The van der Waals surface area contributed by atoms with Crippen molar-refractivity contribution in [2.75, 3.05) is 0 Å². The highest BCUT2D eigenvalue weighted by atomic mass is 35.5. The minimum atomic E-state index is -0.255. The lowest BCUT2D eigenvalue weighted by atomic mass is 9.96. The van der Waals surface area contributed by atoms with Gasteiger partial charge in [0.25, 0.3) is 0 Å². The Kier molecular flexibility index (Phi) is 3.80. The summed E-state index contributed by atoms with van der Waals surface area (Å²) in [6.45, 7) is 0. The number of phenolic OH excluding ortho intramolecular Hbond substituents is 1. The number of halogens is 2. The average Bonchev–Trinajstić information content (AvgIpc) is 2.67. The van der Waals surface area contributed by atoms with E-state index in [2.05, 4.69) is 0 Å². The Morgan fingerprint density at radius 2 is 2.05 bits per heavy atom. The first-order valence-corrected chi connectivity index (χ1v) is 7.15. The van der Waals surface area contributed by atoms with E-state index in [1.807, 2.05) is 30.4 Å². The summed E-state index contributed by atoms with van der Waals surface area (Å²) in [5, 5.41) is 12.6. The van der Waals surface area contributed by atoms with Gasteiger partial charge >= 0.3 is 0 Å². The van der Waals surface area contributed by atoms with Crippen molar-refractivity contribution < 1.29 is 9.50 Å². The minimum Gasteiger partial charge on any atom is -0.508 e. The van der Waals surface area contributed by atoms with Gasteiger partial charge in [0.15, 0.2) is 0 Å². The molecule has 0 unspecified atom stereocenters.